The van der Waals surface area contributed by atoms with Gasteiger partial charge in [-0.2, -0.15) is 0 Å². The Morgan fingerprint density at radius 1 is 0.269 bits per heavy atom. The fourth-order valence-corrected chi connectivity index (χ4v) is 14.7. The summed E-state index contributed by atoms with van der Waals surface area (Å²) in [5.41, 5.74) is 0. The molecule has 19 heteroatoms. The van der Waals surface area contributed by atoms with Crippen molar-refractivity contribution in [1.82, 2.24) is 0 Å². The number of aliphatic hydroxyl groups is 1. The van der Waals surface area contributed by atoms with Crippen LogP contribution in [0.5, 0.6) is 0 Å². The number of carbonyl (C=O) groups excluding carboxylic acids is 4. The average Bonchev–Trinajstić information content (AvgIpc) is 0.904. The molecule has 0 heterocycles. The maximum absolute atomic E-state index is 13.1. The van der Waals surface area contributed by atoms with Crippen molar-refractivity contribution in [3.8, 4) is 0 Å². The number of rotatable bonds is 82. The molecule has 0 aromatic carbocycles. The molecule has 3 N–H and O–H groups in total. The quantitative estimate of drug-likeness (QED) is 0.0222. The molecule has 0 saturated heterocycles. The number of phosphoric ester groups is 2. The highest BCUT2D eigenvalue weighted by Gasteiger charge is 2.30. The highest BCUT2D eigenvalue weighted by Crippen LogP contribution is 2.45. The molecule has 0 radical (unpaired) electrons. The van der Waals surface area contributed by atoms with Gasteiger partial charge >= 0.3 is 39.5 Å². The van der Waals surface area contributed by atoms with Gasteiger partial charge < -0.3 is 33.8 Å². The van der Waals surface area contributed by atoms with Crippen LogP contribution in [0.4, 0.5) is 0 Å². The molecule has 0 bridgehead atoms. The first kappa shape index (κ1) is 102. The van der Waals surface area contributed by atoms with Gasteiger partial charge in [0.05, 0.1) is 26.4 Å². The third-order valence-electron chi connectivity index (χ3n) is 20.2. The Hall–Kier alpha value is -1.94. The fraction of sp³-hybridized carbons (Fsp3) is 0.953. The molecule has 17 nitrogen and oxygen atoms in total. The minimum Gasteiger partial charge on any atom is -0.462 e. The lowest BCUT2D eigenvalue weighted by atomic mass is 9.99. The molecule has 0 saturated carbocycles. The Balaban J connectivity index is 5.15. The van der Waals surface area contributed by atoms with E-state index in [0.29, 0.717) is 31.6 Å². The zero-order chi connectivity index (χ0) is 76.7. The van der Waals surface area contributed by atoms with Crippen LogP contribution in [0.2, 0.25) is 0 Å². The first-order chi connectivity index (χ1) is 50.1. The monoisotopic (exact) mass is 1520 g/mol. The standard InChI is InChI=1S/C85H166O17P2/c1-9-78(8)64-56-48-40-31-27-23-19-15-11-13-17-21-25-29-33-43-51-59-67-84(89)101-80(71-95-82(87)65-57-49-41-35-34-38-46-54-62-76(4)5)73-99-103(91,92)97-69-79(86)70-98-104(93,94)100-74-81(72-96-83(88)66-58-50-44-36-39-47-55-63-77(6)7)102-85(90)68-60-52-42-32-28-24-20-16-12-10-14-18-22-26-30-37-45-53-61-75(2)3/h75-81,86H,9-74H2,1-8H3,(H,91,92)(H,93,94)/t78?,79?,80-,81-/m1/s1. The summed E-state index contributed by atoms with van der Waals surface area (Å²) in [6.07, 6.45) is 62.7. The lowest BCUT2D eigenvalue weighted by Crippen LogP contribution is -2.30. The maximum Gasteiger partial charge on any atom is 0.472 e. The van der Waals surface area contributed by atoms with E-state index in [1.165, 1.54) is 238 Å². The van der Waals surface area contributed by atoms with Gasteiger partial charge in [-0.1, -0.05) is 389 Å². The van der Waals surface area contributed by atoms with Crippen molar-refractivity contribution >= 4 is 39.5 Å². The van der Waals surface area contributed by atoms with Crippen molar-refractivity contribution in [1.29, 1.82) is 0 Å². The Bertz CT molecular complexity index is 2030. The molecule has 6 atom stereocenters. The lowest BCUT2D eigenvalue weighted by molar-refractivity contribution is -0.161. The van der Waals surface area contributed by atoms with Gasteiger partial charge in [0.1, 0.15) is 19.3 Å². The molecule has 4 unspecified atom stereocenters. The fourth-order valence-electron chi connectivity index (χ4n) is 13.1. The van der Waals surface area contributed by atoms with E-state index in [1.807, 2.05) is 0 Å². The van der Waals surface area contributed by atoms with Crippen molar-refractivity contribution in [3.63, 3.8) is 0 Å². The average molecular weight is 1520 g/mol. The number of carbonyl (C=O) groups is 4. The molecule has 0 aromatic heterocycles. The number of unbranched alkanes of at least 4 members (excludes halogenated alkanes) is 47. The van der Waals surface area contributed by atoms with Gasteiger partial charge in [0, 0.05) is 25.7 Å². The van der Waals surface area contributed by atoms with Crippen molar-refractivity contribution < 1.29 is 80.2 Å². The number of hydrogen-bond donors (Lipinski definition) is 3. The smallest absolute Gasteiger partial charge is 0.462 e. The van der Waals surface area contributed by atoms with Crippen LogP contribution in [0.15, 0.2) is 0 Å². The van der Waals surface area contributed by atoms with E-state index in [-0.39, 0.29) is 25.7 Å². The summed E-state index contributed by atoms with van der Waals surface area (Å²) < 4.78 is 68.8. The lowest BCUT2D eigenvalue weighted by Gasteiger charge is -2.21. The van der Waals surface area contributed by atoms with E-state index in [4.69, 9.17) is 37.0 Å². The molecule has 0 fully saturated rings. The van der Waals surface area contributed by atoms with Crippen molar-refractivity contribution in [2.24, 2.45) is 23.7 Å². The van der Waals surface area contributed by atoms with Gasteiger partial charge in [-0.25, -0.2) is 9.13 Å². The molecule has 618 valence electrons. The van der Waals surface area contributed by atoms with Crippen LogP contribution in [0.3, 0.4) is 0 Å². The topological polar surface area (TPSA) is 237 Å². The van der Waals surface area contributed by atoms with Gasteiger partial charge in [-0.3, -0.25) is 37.3 Å². The van der Waals surface area contributed by atoms with Crippen LogP contribution in [0.25, 0.3) is 0 Å². The first-order valence-corrected chi connectivity index (χ1v) is 46.7. The number of ether oxygens (including phenoxy) is 4. The predicted octanol–water partition coefficient (Wildman–Crippen LogP) is 25.6. The summed E-state index contributed by atoms with van der Waals surface area (Å²) in [5.74, 6) is 1.01. The van der Waals surface area contributed by atoms with E-state index < -0.39 is 97.5 Å². The highest BCUT2D eigenvalue weighted by molar-refractivity contribution is 7.47. The van der Waals surface area contributed by atoms with Gasteiger partial charge in [0.2, 0.25) is 0 Å². The molecular formula is C85H166O17P2. The normalized spacial score (nSPS) is 14.2. The third-order valence-corrected chi connectivity index (χ3v) is 22.1. The molecule has 0 amide bonds. The number of hydrogen-bond acceptors (Lipinski definition) is 15. The molecule has 0 aliphatic rings. The van der Waals surface area contributed by atoms with Gasteiger partial charge in [-0.15, -0.1) is 0 Å². The third kappa shape index (κ3) is 76.8. The second-order valence-corrected chi connectivity index (χ2v) is 35.2. The largest absolute Gasteiger partial charge is 0.472 e. The number of aliphatic hydroxyl groups excluding tert-OH is 1. The van der Waals surface area contributed by atoms with Gasteiger partial charge in [0.15, 0.2) is 12.2 Å². The minimum absolute atomic E-state index is 0.107. The van der Waals surface area contributed by atoms with Crippen molar-refractivity contribution in [3.05, 3.63) is 0 Å². The van der Waals surface area contributed by atoms with Crippen LogP contribution in [0, 0.1) is 23.7 Å². The summed E-state index contributed by atoms with van der Waals surface area (Å²) in [6.45, 7) is 14.3. The van der Waals surface area contributed by atoms with Gasteiger partial charge in [-0.05, 0) is 49.4 Å². The minimum atomic E-state index is -4.96. The zero-order valence-electron chi connectivity index (χ0n) is 68.7. The van der Waals surface area contributed by atoms with Crippen LogP contribution in [0.1, 0.15) is 441 Å². The Kier molecular flexibility index (Phi) is 72.5. The van der Waals surface area contributed by atoms with Crippen LogP contribution in [-0.2, 0) is 65.4 Å². The Morgan fingerprint density at radius 2 is 0.462 bits per heavy atom. The van der Waals surface area contributed by atoms with Crippen molar-refractivity contribution in [2.75, 3.05) is 39.6 Å². The Labute approximate surface area is 638 Å². The summed E-state index contributed by atoms with van der Waals surface area (Å²) in [4.78, 5) is 73.1. The van der Waals surface area contributed by atoms with Crippen LogP contribution in [-0.4, -0.2) is 96.7 Å². The molecule has 104 heavy (non-hydrogen) atoms. The molecular weight excluding hydrogens is 1350 g/mol. The molecule has 0 aromatic rings. The van der Waals surface area contributed by atoms with E-state index in [1.54, 1.807) is 0 Å². The molecule has 0 rings (SSSR count). The molecule has 0 aliphatic heterocycles. The number of esters is 4. The summed E-state index contributed by atoms with van der Waals surface area (Å²) in [5, 5.41) is 10.7. The second kappa shape index (κ2) is 73.8. The molecule has 0 aliphatic carbocycles. The SMILES string of the molecule is CCC(C)CCCCCCCCCCCCCCCCCCCCC(=O)O[C@H](COC(=O)CCCCCCCCCCC(C)C)COP(=O)(O)OCC(O)COP(=O)(O)OC[C@@H](COC(=O)CCCCCCCCCC(C)C)OC(=O)CCCCCCCCCCCCCCCCCCCCC(C)C. The van der Waals surface area contributed by atoms with Crippen LogP contribution < -0.4 is 0 Å². The predicted molar refractivity (Wildman–Crippen MR) is 428 cm³/mol. The highest BCUT2D eigenvalue weighted by atomic mass is 31.2. The van der Waals surface area contributed by atoms with E-state index in [9.17, 15) is 43.2 Å². The second-order valence-electron chi connectivity index (χ2n) is 32.2. The maximum atomic E-state index is 13.1. The summed E-state index contributed by atoms with van der Waals surface area (Å²) >= 11 is 0. The molecule has 0 spiro atoms. The zero-order valence-corrected chi connectivity index (χ0v) is 70.5. The van der Waals surface area contributed by atoms with Gasteiger partial charge in [0.25, 0.3) is 0 Å². The van der Waals surface area contributed by atoms with E-state index in [0.717, 1.165) is 114 Å². The first-order valence-electron chi connectivity index (χ1n) is 43.7. The van der Waals surface area contributed by atoms with E-state index in [2.05, 4.69) is 55.4 Å². The van der Waals surface area contributed by atoms with Crippen LogP contribution >= 0.6 is 15.6 Å². The summed E-state index contributed by atoms with van der Waals surface area (Å²) in [6, 6.07) is 0. The van der Waals surface area contributed by atoms with E-state index >= 15 is 0 Å². The van der Waals surface area contributed by atoms with Crippen molar-refractivity contribution in [2.45, 2.75) is 459 Å². The Morgan fingerprint density at radius 3 is 0.683 bits per heavy atom. The summed E-state index contributed by atoms with van der Waals surface area (Å²) in [7, 11) is -9.93. The number of phosphoric acid groups is 2.